The minimum Gasteiger partial charge on any atom is -0.491 e. The molecule has 0 aromatic heterocycles. The van der Waals surface area contributed by atoms with Crippen molar-refractivity contribution < 1.29 is 14.6 Å². The van der Waals surface area contributed by atoms with Crippen LogP contribution in [0.4, 0.5) is 5.69 Å². The van der Waals surface area contributed by atoms with Crippen molar-refractivity contribution in [3.63, 3.8) is 0 Å². The van der Waals surface area contributed by atoms with Crippen LogP contribution in [0, 0.1) is 0 Å². The van der Waals surface area contributed by atoms with E-state index in [1.807, 2.05) is 12.1 Å². The van der Waals surface area contributed by atoms with E-state index in [0.29, 0.717) is 11.4 Å². The highest BCUT2D eigenvalue weighted by molar-refractivity contribution is 5.76. The number of carbonyl (C=O) groups is 1. The van der Waals surface area contributed by atoms with Gasteiger partial charge in [-0.1, -0.05) is 12.1 Å². The normalized spacial score (nSPS) is 12.8. The molecule has 5 heteroatoms. The number of aliphatic hydroxyl groups excluding tert-OH is 1. The second-order valence-corrected chi connectivity index (χ2v) is 5.08. The summed E-state index contributed by atoms with van der Waals surface area (Å²) in [4.78, 5) is 11.7. The number of benzene rings is 1. The van der Waals surface area contributed by atoms with Crippen molar-refractivity contribution in [2.75, 3.05) is 12.3 Å². The maximum Gasteiger partial charge on any atom is 0.223 e. The van der Waals surface area contributed by atoms with Gasteiger partial charge in [0.1, 0.15) is 5.75 Å². The Morgan fingerprint density at radius 1 is 1.47 bits per heavy atom. The monoisotopic (exact) mass is 266 g/mol. The minimum absolute atomic E-state index is 0.166. The summed E-state index contributed by atoms with van der Waals surface area (Å²) in [5.74, 6) is 0.408. The van der Waals surface area contributed by atoms with E-state index in [1.165, 1.54) is 0 Å². The van der Waals surface area contributed by atoms with Crippen LogP contribution in [0.2, 0.25) is 0 Å². The molecule has 19 heavy (non-hydrogen) atoms. The molecule has 1 atom stereocenters. The fourth-order valence-corrected chi connectivity index (χ4v) is 1.39. The van der Waals surface area contributed by atoms with Crippen LogP contribution in [-0.2, 0) is 4.79 Å². The molecule has 1 unspecified atom stereocenters. The summed E-state index contributed by atoms with van der Waals surface area (Å²) >= 11 is 0. The predicted molar refractivity (Wildman–Crippen MR) is 74.9 cm³/mol. The fourth-order valence-electron chi connectivity index (χ4n) is 1.39. The Balaban J connectivity index is 2.38. The number of nitrogen functional groups attached to an aromatic ring is 1. The molecule has 0 spiro atoms. The lowest BCUT2D eigenvalue weighted by atomic mass is 9.99. The lowest BCUT2D eigenvalue weighted by Crippen LogP contribution is -2.51. The molecule has 1 amide bonds. The Morgan fingerprint density at radius 3 is 2.68 bits per heavy atom. The number of hydrogen-bond donors (Lipinski definition) is 3. The molecule has 0 radical (unpaired) electrons. The Bertz CT molecular complexity index is 430. The van der Waals surface area contributed by atoms with Gasteiger partial charge in [0.25, 0.3) is 0 Å². The van der Waals surface area contributed by atoms with E-state index >= 15 is 0 Å². The third-order valence-electron chi connectivity index (χ3n) is 3.01. The van der Waals surface area contributed by atoms with Crippen LogP contribution in [0.1, 0.15) is 27.2 Å². The highest BCUT2D eigenvalue weighted by atomic mass is 16.5. The van der Waals surface area contributed by atoms with Crippen molar-refractivity contribution in [1.82, 2.24) is 5.32 Å². The quantitative estimate of drug-likeness (QED) is 0.678. The Hall–Kier alpha value is -1.75. The molecule has 0 aliphatic rings. The number of para-hydroxylation sites is 2. The lowest BCUT2D eigenvalue weighted by molar-refractivity contribution is -0.124. The van der Waals surface area contributed by atoms with Gasteiger partial charge in [0.2, 0.25) is 5.91 Å². The van der Waals surface area contributed by atoms with Gasteiger partial charge in [-0.15, -0.1) is 0 Å². The molecule has 0 saturated heterocycles. The van der Waals surface area contributed by atoms with Crippen molar-refractivity contribution in [2.24, 2.45) is 0 Å². The molecule has 0 aliphatic heterocycles. The van der Waals surface area contributed by atoms with E-state index < -0.39 is 11.6 Å². The standard InChI is InChI=1S/C14H22N2O3/c1-10(17)14(2,3)16-13(18)8-9-19-12-7-5-4-6-11(12)15/h4-7,10,17H,8-9,15H2,1-3H3,(H,16,18). The fraction of sp³-hybridized carbons (Fsp3) is 0.500. The van der Waals surface area contributed by atoms with Gasteiger partial charge in [-0.3, -0.25) is 4.79 Å². The molecule has 106 valence electrons. The maximum absolute atomic E-state index is 11.7. The highest BCUT2D eigenvalue weighted by Crippen LogP contribution is 2.19. The topological polar surface area (TPSA) is 84.6 Å². The van der Waals surface area contributed by atoms with Gasteiger partial charge in [0.05, 0.1) is 30.4 Å². The second kappa shape index (κ2) is 6.43. The number of carbonyl (C=O) groups excluding carboxylic acids is 1. The number of hydrogen-bond acceptors (Lipinski definition) is 4. The van der Waals surface area contributed by atoms with Gasteiger partial charge >= 0.3 is 0 Å². The zero-order valence-corrected chi connectivity index (χ0v) is 11.6. The first-order valence-corrected chi connectivity index (χ1v) is 6.29. The number of nitrogens with two attached hydrogens (primary N) is 1. The Kier molecular flexibility index (Phi) is 5.18. The molecule has 1 rings (SSSR count). The summed E-state index contributed by atoms with van der Waals surface area (Å²) in [5, 5.41) is 12.3. The lowest BCUT2D eigenvalue weighted by Gasteiger charge is -2.29. The van der Waals surface area contributed by atoms with E-state index in [4.69, 9.17) is 10.5 Å². The summed E-state index contributed by atoms with van der Waals surface area (Å²) in [6, 6.07) is 7.14. The van der Waals surface area contributed by atoms with Crippen LogP contribution in [0.5, 0.6) is 5.75 Å². The van der Waals surface area contributed by atoms with Crippen LogP contribution in [-0.4, -0.2) is 29.3 Å². The van der Waals surface area contributed by atoms with E-state index in [-0.39, 0.29) is 18.9 Å². The summed E-state index contributed by atoms with van der Waals surface area (Å²) in [5.41, 5.74) is 5.62. The predicted octanol–water partition coefficient (Wildman–Crippen LogP) is 1.31. The number of amides is 1. The van der Waals surface area contributed by atoms with Crippen LogP contribution < -0.4 is 15.8 Å². The molecule has 4 N–H and O–H groups in total. The van der Waals surface area contributed by atoms with Gasteiger partial charge in [0.15, 0.2) is 0 Å². The van der Waals surface area contributed by atoms with Crippen LogP contribution in [0.15, 0.2) is 24.3 Å². The number of nitrogens with one attached hydrogen (secondary N) is 1. The third-order valence-corrected chi connectivity index (χ3v) is 3.01. The molecule has 0 fully saturated rings. The zero-order chi connectivity index (χ0) is 14.5. The van der Waals surface area contributed by atoms with Gasteiger partial charge < -0.3 is 20.9 Å². The van der Waals surface area contributed by atoms with Crippen molar-refractivity contribution >= 4 is 11.6 Å². The van der Waals surface area contributed by atoms with Crippen LogP contribution in [0.25, 0.3) is 0 Å². The van der Waals surface area contributed by atoms with Gasteiger partial charge in [0, 0.05) is 0 Å². The smallest absolute Gasteiger partial charge is 0.223 e. The van der Waals surface area contributed by atoms with Crippen LogP contribution >= 0.6 is 0 Å². The summed E-state index contributed by atoms with van der Waals surface area (Å²) in [6.45, 7) is 5.43. The van der Waals surface area contributed by atoms with Crippen molar-refractivity contribution in [3.8, 4) is 5.75 Å². The first-order chi connectivity index (χ1) is 8.83. The van der Waals surface area contributed by atoms with Gasteiger partial charge in [-0.2, -0.15) is 0 Å². The summed E-state index contributed by atoms with van der Waals surface area (Å²) < 4.78 is 5.43. The summed E-state index contributed by atoms with van der Waals surface area (Å²) in [6.07, 6.45) is -0.410. The molecule has 1 aromatic carbocycles. The number of ether oxygens (including phenoxy) is 1. The first kappa shape index (κ1) is 15.3. The molecule has 5 nitrogen and oxygen atoms in total. The molecule has 0 bridgehead atoms. The summed E-state index contributed by atoms with van der Waals surface area (Å²) in [7, 11) is 0. The van der Waals surface area contributed by atoms with Crippen molar-refractivity contribution in [3.05, 3.63) is 24.3 Å². The van der Waals surface area contributed by atoms with Crippen molar-refractivity contribution in [1.29, 1.82) is 0 Å². The number of rotatable bonds is 6. The molecule has 0 aliphatic carbocycles. The average molecular weight is 266 g/mol. The van der Waals surface area contributed by atoms with E-state index in [1.54, 1.807) is 32.9 Å². The molecule has 0 saturated carbocycles. The van der Waals surface area contributed by atoms with E-state index in [2.05, 4.69) is 5.32 Å². The van der Waals surface area contributed by atoms with Gasteiger partial charge in [-0.25, -0.2) is 0 Å². The highest BCUT2D eigenvalue weighted by Gasteiger charge is 2.25. The number of aliphatic hydroxyl groups is 1. The first-order valence-electron chi connectivity index (χ1n) is 6.29. The maximum atomic E-state index is 11.7. The molecule has 0 heterocycles. The molecule has 1 aromatic rings. The third kappa shape index (κ3) is 4.79. The Morgan fingerprint density at radius 2 is 2.11 bits per heavy atom. The van der Waals surface area contributed by atoms with Crippen LogP contribution in [0.3, 0.4) is 0 Å². The molecular weight excluding hydrogens is 244 g/mol. The van der Waals surface area contributed by atoms with E-state index in [0.717, 1.165) is 0 Å². The average Bonchev–Trinajstić information content (AvgIpc) is 2.30. The minimum atomic E-state index is -0.650. The largest absolute Gasteiger partial charge is 0.491 e. The zero-order valence-electron chi connectivity index (χ0n) is 11.6. The van der Waals surface area contributed by atoms with Crippen molar-refractivity contribution in [2.45, 2.75) is 38.8 Å². The SMILES string of the molecule is CC(O)C(C)(C)NC(=O)CCOc1ccccc1N. The molecular formula is C14H22N2O3. The van der Waals surface area contributed by atoms with E-state index in [9.17, 15) is 9.90 Å². The van der Waals surface area contributed by atoms with Gasteiger partial charge in [-0.05, 0) is 32.9 Å². The number of anilines is 1. The Labute approximate surface area is 113 Å². The second-order valence-electron chi connectivity index (χ2n) is 5.08.